The van der Waals surface area contributed by atoms with Gasteiger partial charge in [0.25, 0.3) is 5.01 Å². The number of rotatable bonds is 5. The number of para-hydroxylation sites is 1. The van der Waals surface area contributed by atoms with E-state index >= 15 is 0 Å². The van der Waals surface area contributed by atoms with E-state index in [0.29, 0.717) is 18.0 Å². The van der Waals surface area contributed by atoms with Crippen molar-refractivity contribution in [2.75, 3.05) is 13.1 Å². The predicted molar refractivity (Wildman–Crippen MR) is 150 cm³/mol. The van der Waals surface area contributed by atoms with E-state index < -0.39 is 10.0 Å². The summed E-state index contributed by atoms with van der Waals surface area (Å²) in [6.45, 7) is 4.36. The Morgan fingerprint density at radius 2 is 1.69 bits per heavy atom. The molecule has 2 aromatic heterocycles. The van der Waals surface area contributed by atoms with Gasteiger partial charge >= 0.3 is 0 Å². The zero-order valence-corrected chi connectivity index (χ0v) is 22.3. The number of nitrogens with zero attached hydrogens (tertiary/aromatic N) is 3. The molecule has 1 aliphatic rings. The lowest BCUT2D eigenvalue weighted by atomic mass is 10.1. The number of piperidine rings is 1. The summed E-state index contributed by atoms with van der Waals surface area (Å²) in [7, 11) is -1.40. The fraction of sp³-hybridized carbons (Fsp3) is 0.276. The maximum Gasteiger partial charge on any atom is 0.262 e. The Morgan fingerprint density at radius 3 is 2.50 bits per heavy atom. The van der Waals surface area contributed by atoms with Crippen molar-refractivity contribution in [3.63, 3.8) is 0 Å². The van der Waals surface area contributed by atoms with Gasteiger partial charge in [-0.15, -0.1) is 0 Å². The van der Waals surface area contributed by atoms with E-state index in [0.717, 1.165) is 46.6 Å². The molecule has 0 N–H and O–H groups in total. The molecule has 7 heteroatoms. The number of hydrogen-bond donors (Lipinski definition) is 0. The van der Waals surface area contributed by atoms with Crippen LogP contribution in [-0.2, 0) is 23.6 Å². The van der Waals surface area contributed by atoms with Crippen molar-refractivity contribution >= 4 is 65.5 Å². The van der Waals surface area contributed by atoms with Crippen LogP contribution in [0.1, 0.15) is 36.8 Å². The van der Waals surface area contributed by atoms with Crippen LogP contribution in [0.4, 0.5) is 0 Å². The molecule has 0 aliphatic carbocycles. The van der Waals surface area contributed by atoms with E-state index in [1.165, 1.54) is 21.8 Å². The first-order chi connectivity index (χ1) is 17.5. The summed E-state index contributed by atoms with van der Waals surface area (Å²) in [5.74, 6) is 0. The monoisotopic (exact) mass is 516 g/mol. The Balaban J connectivity index is 1.35. The summed E-state index contributed by atoms with van der Waals surface area (Å²) in [4.78, 5) is 0.395. The molecule has 5 nitrogen and oxygen atoms in total. The van der Waals surface area contributed by atoms with Gasteiger partial charge in [0.05, 0.1) is 4.90 Å². The molecule has 6 rings (SSSR count). The van der Waals surface area contributed by atoms with Crippen LogP contribution in [0.25, 0.3) is 44.2 Å². The molecule has 0 radical (unpaired) electrons. The van der Waals surface area contributed by atoms with Gasteiger partial charge in [-0.25, -0.2) is 8.42 Å². The molecule has 0 saturated carbocycles. The minimum atomic E-state index is -3.44. The molecule has 5 aromatic rings. The zero-order chi connectivity index (χ0) is 24.9. The average molecular weight is 517 g/mol. The Labute approximate surface area is 215 Å². The largest absolute Gasteiger partial charge is 0.341 e. The summed E-state index contributed by atoms with van der Waals surface area (Å²) in [6, 6.07) is 20.7. The molecule has 0 unspecified atom stereocenters. The lowest BCUT2D eigenvalue weighted by molar-refractivity contribution is -0.642. The van der Waals surface area contributed by atoms with Gasteiger partial charge < -0.3 is 4.57 Å². The van der Waals surface area contributed by atoms with E-state index in [4.69, 9.17) is 0 Å². The highest BCUT2D eigenvalue weighted by molar-refractivity contribution is 7.89. The van der Waals surface area contributed by atoms with Gasteiger partial charge in [-0.05, 0) is 61.7 Å². The summed E-state index contributed by atoms with van der Waals surface area (Å²) < 4.78 is 33.4. The van der Waals surface area contributed by atoms with E-state index in [-0.39, 0.29) is 0 Å². The van der Waals surface area contributed by atoms with E-state index in [1.54, 1.807) is 21.7 Å². The lowest BCUT2D eigenvalue weighted by Gasteiger charge is -2.25. The highest BCUT2D eigenvalue weighted by Gasteiger charge is 2.27. The van der Waals surface area contributed by atoms with Crippen LogP contribution in [0, 0.1) is 0 Å². The van der Waals surface area contributed by atoms with Gasteiger partial charge in [0.2, 0.25) is 15.5 Å². The van der Waals surface area contributed by atoms with Gasteiger partial charge in [-0.1, -0.05) is 42.0 Å². The van der Waals surface area contributed by atoms with Crippen molar-refractivity contribution in [2.45, 2.75) is 37.6 Å². The molecule has 184 valence electrons. The second-order valence-corrected chi connectivity index (χ2v) is 12.5. The molecule has 3 heterocycles. The van der Waals surface area contributed by atoms with Crippen LogP contribution in [0.3, 0.4) is 0 Å². The first kappa shape index (κ1) is 23.4. The second kappa shape index (κ2) is 9.14. The quantitative estimate of drug-likeness (QED) is 0.261. The fourth-order valence-corrected chi connectivity index (χ4v) is 8.11. The van der Waals surface area contributed by atoms with Crippen LogP contribution in [0.5, 0.6) is 0 Å². The highest BCUT2D eigenvalue weighted by Crippen LogP contribution is 2.31. The number of thiazole rings is 1. The molecule has 1 fully saturated rings. The van der Waals surface area contributed by atoms with Gasteiger partial charge in [0.15, 0.2) is 0 Å². The summed E-state index contributed by atoms with van der Waals surface area (Å²) >= 11 is 1.62. The first-order valence-electron chi connectivity index (χ1n) is 12.6. The van der Waals surface area contributed by atoms with Gasteiger partial charge in [-0.2, -0.15) is 8.87 Å². The second-order valence-electron chi connectivity index (χ2n) is 9.46. The van der Waals surface area contributed by atoms with Crippen LogP contribution >= 0.6 is 11.3 Å². The number of hydrogen-bond acceptors (Lipinski definition) is 3. The van der Waals surface area contributed by atoms with Crippen molar-refractivity contribution in [2.24, 2.45) is 7.05 Å². The molecular weight excluding hydrogens is 486 g/mol. The lowest BCUT2D eigenvalue weighted by Crippen LogP contribution is -2.35. The molecule has 3 aromatic carbocycles. The summed E-state index contributed by atoms with van der Waals surface area (Å²) in [5.41, 5.74) is 4.71. The maximum absolute atomic E-state index is 13.2. The van der Waals surface area contributed by atoms with Crippen molar-refractivity contribution in [3.05, 3.63) is 71.2 Å². The van der Waals surface area contributed by atoms with Gasteiger partial charge in [-0.3, -0.25) is 0 Å². The van der Waals surface area contributed by atoms with Gasteiger partial charge in [0.1, 0.15) is 11.7 Å². The van der Waals surface area contributed by atoms with Crippen molar-refractivity contribution in [1.29, 1.82) is 0 Å². The normalized spacial score (nSPS) is 15.6. The number of aromatic nitrogens is 2. The Hall–Kier alpha value is -3.00. The average Bonchev–Trinajstić information content (AvgIpc) is 3.41. The zero-order valence-electron chi connectivity index (χ0n) is 20.6. The minimum absolute atomic E-state index is 0.395. The topological polar surface area (TPSA) is 46.2 Å². The third-order valence-electron chi connectivity index (χ3n) is 7.32. The smallest absolute Gasteiger partial charge is 0.262 e. The SMILES string of the molecule is CCn1c2ccccc2c2cc(C=Cc3sc4cc(S(=O)(=O)N5CCCCC5)ccc4[n+]3C)ccc21. The molecule has 0 spiro atoms. The maximum atomic E-state index is 13.2. The van der Waals surface area contributed by atoms with Crippen LogP contribution in [-0.4, -0.2) is 30.4 Å². The molecule has 1 saturated heterocycles. The number of aryl methyl sites for hydroxylation is 2. The number of fused-ring (bicyclic) bond motifs is 4. The van der Waals surface area contributed by atoms with Crippen LogP contribution in [0.2, 0.25) is 0 Å². The predicted octanol–water partition coefficient (Wildman–Crippen LogP) is 6.20. The van der Waals surface area contributed by atoms with Crippen LogP contribution < -0.4 is 4.57 Å². The fourth-order valence-electron chi connectivity index (χ4n) is 5.40. The third kappa shape index (κ3) is 3.86. The Kier molecular flexibility index (Phi) is 5.94. The van der Waals surface area contributed by atoms with Crippen LogP contribution in [0.15, 0.2) is 65.6 Å². The van der Waals surface area contributed by atoms with Crippen molar-refractivity contribution < 1.29 is 13.0 Å². The van der Waals surface area contributed by atoms with E-state index in [1.807, 2.05) is 19.2 Å². The van der Waals surface area contributed by atoms with Crippen molar-refractivity contribution in [1.82, 2.24) is 8.87 Å². The Bertz CT molecular complexity index is 1740. The Morgan fingerprint density at radius 1 is 0.917 bits per heavy atom. The highest BCUT2D eigenvalue weighted by atomic mass is 32.2. The van der Waals surface area contributed by atoms with Crippen molar-refractivity contribution in [3.8, 4) is 0 Å². The third-order valence-corrected chi connectivity index (χ3v) is 10.4. The molecular formula is C29H30N3O2S2+. The summed E-state index contributed by atoms with van der Waals surface area (Å²) in [5, 5.41) is 3.62. The van der Waals surface area contributed by atoms with Gasteiger partial charge in [0, 0.05) is 53.6 Å². The number of sulfonamides is 1. The standard InChI is InChI=1S/C29H30N3O2S2/c1-3-32-25-10-6-5-9-23(25)24-19-21(11-14-26(24)32)12-16-29-30(2)27-15-13-22(20-28(27)35-29)36(33,34)31-17-7-4-8-18-31/h5-6,9-16,19-20H,3-4,7-8,17-18H2,1-2H3/q+1. The summed E-state index contributed by atoms with van der Waals surface area (Å²) in [6.07, 6.45) is 7.26. The van der Waals surface area contributed by atoms with E-state index in [2.05, 4.69) is 70.7 Å². The molecule has 0 amide bonds. The molecule has 0 atom stereocenters. The molecule has 36 heavy (non-hydrogen) atoms. The van der Waals surface area contributed by atoms with E-state index in [9.17, 15) is 8.42 Å². The molecule has 0 bridgehead atoms. The number of benzene rings is 3. The first-order valence-corrected chi connectivity index (χ1v) is 14.8. The molecule has 1 aliphatic heterocycles. The minimum Gasteiger partial charge on any atom is -0.341 e.